The average molecular weight is 533 g/mol. The zero-order valence-corrected chi connectivity index (χ0v) is 23.4. The lowest BCUT2D eigenvalue weighted by atomic mass is 10.0. The molecule has 3 rings (SSSR count). The predicted molar refractivity (Wildman–Crippen MR) is 152 cm³/mol. The summed E-state index contributed by atoms with van der Waals surface area (Å²) in [5, 5.41) is 16.4. The van der Waals surface area contributed by atoms with Crippen molar-refractivity contribution in [2.45, 2.75) is 110 Å². The van der Waals surface area contributed by atoms with E-state index in [1.165, 1.54) is 95.1 Å². The first-order valence-corrected chi connectivity index (χ1v) is 14.7. The Morgan fingerprint density at radius 3 is 2.03 bits per heavy atom. The van der Waals surface area contributed by atoms with Crippen LogP contribution >= 0.6 is 23.2 Å². The first-order valence-electron chi connectivity index (χ1n) is 14.0. The summed E-state index contributed by atoms with van der Waals surface area (Å²) in [6.45, 7) is 3.58. The van der Waals surface area contributed by atoms with Gasteiger partial charge in [-0.25, -0.2) is 9.55 Å². The molecule has 1 aromatic heterocycles. The van der Waals surface area contributed by atoms with Crippen molar-refractivity contribution in [2.24, 2.45) is 0 Å². The summed E-state index contributed by atoms with van der Waals surface area (Å²) < 4.78 is 2.28. The second kappa shape index (κ2) is 16.0. The molecule has 0 spiro atoms. The van der Waals surface area contributed by atoms with Crippen molar-refractivity contribution in [1.82, 2.24) is 4.98 Å². The van der Waals surface area contributed by atoms with E-state index in [9.17, 15) is 5.11 Å². The minimum atomic E-state index is -0.178. The van der Waals surface area contributed by atoms with Gasteiger partial charge in [0.05, 0.1) is 13.1 Å². The molecule has 198 valence electrons. The lowest BCUT2D eigenvalue weighted by Gasteiger charge is -2.15. The van der Waals surface area contributed by atoms with Gasteiger partial charge in [0.25, 0.3) is 0 Å². The molecule has 0 amide bonds. The van der Waals surface area contributed by atoms with E-state index in [2.05, 4.69) is 40.0 Å². The van der Waals surface area contributed by atoms with E-state index in [4.69, 9.17) is 23.2 Å². The fourth-order valence-electron chi connectivity index (χ4n) is 4.89. The molecule has 0 aliphatic rings. The number of rotatable bonds is 18. The number of aryl methyl sites for hydroxylation is 1. The second-order valence-corrected chi connectivity index (χ2v) is 10.8. The van der Waals surface area contributed by atoms with Crippen LogP contribution in [0.4, 0.5) is 5.95 Å². The SMILES string of the molecule is CCCCCCCCCCCCCCCC[n+]1c(NCc2cc(Cl)cc(Cl)c2[O-])[nH]c2ccccc21. The van der Waals surface area contributed by atoms with Gasteiger partial charge in [0, 0.05) is 10.0 Å². The number of unbranched alkanes of at least 4 members (excludes halogenated alkanes) is 13. The molecule has 36 heavy (non-hydrogen) atoms. The van der Waals surface area contributed by atoms with Crippen molar-refractivity contribution in [3.63, 3.8) is 0 Å². The molecule has 0 aliphatic carbocycles. The third kappa shape index (κ3) is 9.19. The topological polar surface area (TPSA) is 54.8 Å². The Kier molecular flexibility index (Phi) is 12.8. The zero-order valence-electron chi connectivity index (χ0n) is 21.9. The standard InChI is InChI=1S/C30H43Cl2N3O/c1-2-3-4-5-6-7-8-9-10-11-12-13-14-17-20-35-28-19-16-15-18-27(28)34-30(35)33-23-24-21-25(31)22-26(32)29(24)36/h15-16,18-19,21-22H,2-14,17,20,23H2,1H3,(H2,33,34,36). The fraction of sp³-hybridized carbons (Fsp3) is 0.567. The molecular weight excluding hydrogens is 489 g/mol. The molecule has 0 bridgehead atoms. The highest BCUT2D eigenvalue weighted by Gasteiger charge is 2.17. The third-order valence-corrected chi connectivity index (χ3v) is 7.48. The summed E-state index contributed by atoms with van der Waals surface area (Å²) in [5.41, 5.74) is 2.81. The number of H-pyrrole nitrogens is 1. The summed E-state index contributed by atoms with van der Waals surface area (Å²) in [7, 11) is 0. The molecule has 3 aromatic rings. The van der Waals surface area contributed by atoms with Gasteiger partial charge in [-0.3, -0.25) is 5.32 Å². The van der Waals surface area contributed by atoms with E-state index in [1.54, 1.807) is 6.07 Å². The van der Waals surface area contributed by atoms with E-state index < -0.39 is 0 Å². The van der Waals surface area contributed by atoms with E-state index >= 15 is 0 Å². The number of aromatic nitrogens is 2. The Morgan fingerprint density at radius 1 is 0.806 bits per heavy atom. The lowest BCUT2D eigenvalue weighted by molar-refractivity contribution is -0.657. The van der Waals surface area contributed by atoms with Gasteiger partial charge in [0.1, 0.15) is 11.0 Å². The van der Waals surface area contributed by atoms with Crippen LogP contribution < -0.4 is 15.0 Å². The summed E-state index contributed by atoms with van der Waals surface area (Å²) in [5.74, 6) is 0.726. The monoisotopic (exact) mass is 531 g/mol. The second-order valence-electron chi connectivity index (χ2n) is 9.97. The van der Waals surface area contributed by atoms with E-state index in [-0.39, 0.29) is 10.8 Å². The van der Waals surface area contributed by atoms with Crippen molar-refractivity contribution < 1.29 is 9.67 Å². The van der Waals surface area contributed by atoms with Gasteiger partial charge in [-0.2, -0.15) is 0 Å². The summed E-state index contributed by atoms with van der Waals surface area (Å²) >= 11 is 12.1. The Hall–Kier alpha value is -1.91. The number of anilines is 1. The molecule has 0 aliphatic heterocycles. The van der Waals surface area contributed by atoms with Crippen molar-refractivity contribution in [1.29, 1.82) is 0 Å². The highest BCUT2D eigenvalue weighted by Crippen LogP contribution is 2.29. The number of hydrogen-bond donors (Lipinski definition) is 2. The number of benzene rings is 2. The lowest BCUT2D eigenvalue weighted by Crippen LogP contribution is -2.36. The molecule has 0 fully saturated rings. The molecule has 2 aromatic carbocycles. The molecule has 2 N–H and O–H groups in total. The molecule has 6 heteroatoms. The van der Waals surface area contributed by atoms with Gasteiger partial charge in [0.2, 0.25) is 0 Å². The first kappa shape index (κ1) is 28.7. The highest BCUT2D eigenvalue weighted by molar-refractivity contribution is 6.35. The normalized spacial score (nSPS) is 11.4. The van der Waals surface area contributed by atoms with E-state index in [0.29, 0.717) is 17.1 Å². The number of para-hydroxylation sites is 2. The smallest absolute Gasteiger partial charge is 0.356 e. The minimum absolute atomic E-state index is 0.159. The maximum atomic E-state index is 12.4. The molecule has 4 nitrogen and oxygen atoms in total. The van der Waals surface area contributed by atoms with Crippen LogP contribution in [0.25, 0.3) is 11.0 Å². The zero-order chi connectivity index (χ0) is 25.6. The third-order valence-electron chi connectivity index (χ3n) is 6.98. The van der Waals surface area contributed by atoms with Crippen LogP contribution in [0, 0.1) is 0 Å². The maximum Gasteiger partial charge on any atom is 0.356 e. The highest BCUT2D eigenvalue weighted by atomic mass is 35.5. The Balaban J connectivity index is 1.39. The Labute approximate surface area is 227 Å². The molecule has 1 heterocycles. The van der Waals surface area contributed by atoms with Gasteiger partial charge >= 0.3 is 5.95 Å². The van der Waals surface area contributed by atoms with Gasteiger partial charge < -0.3 is 5.11 Å². The number of imidazole rings is 1. The number of aromatic amines is 1. The maximum absolute atomic E-state index is 12.4. The molecule has 0 radical (unpaired) electrons. The molecule has 0 saturated carbocycles. The van der Waals surface area contributed by atoms with Crippen molar-refractivity contribution >= 4 is 40.2 Å². The molecule has 0 saturated heterocycles. The summed E-state index contributed by atoms with van der Waals surface area (Å²) in [4.78, 5) is 3.47. The van der Waals surface area contributed by atoms with Crippen LogP contribution in [0.15, 0.2) is 36.4 Å². The van der Waals surface area contributed by atoms with Crippen molar-refractivity contribution in [3.8, 4) is 5.75 Å². The van der Waals surface area contributed by atoms with Gasteiger partial charge in [-0.05, 0) is 36.2 Å². The van der Waals surface area contributed by atoms with Gasteiger partial charge in [-0.1, -0.05) is 131 Å². The average Bonchev–Trinajstić information content (AvgIpc) is 3.23. The first-order chi connectivity index (χ1) is 17.6. The minimum Gasteiger partial charge on any atom is -0.871 e. The van der Waals surface area contributed by atoms with Crippen LogP contribution in [0.3, 0.4) is 0 Å². The molecule has 0 unspecified atom stereocenters. The van der Waals surface area contributed by atoms with Crippen molar-refractivity contribution in [3.05, 3.63) is 52.0 Å². The van der Waals surface area contributed by atoms with Crippen LogP contribution in [-0.2, 0) is 13.1 Å². The summed E-state index contributed by atoms with van der Waals surface area (Å²) in [6, 6.07) is 11.5. The molecule has 0 atom stereocenters. The van der Waals surface area contributed by atoms with Crippen LogP contribution in [0.2, 0.25) is 10.0 Å². The Morgan fingerprint density at radius 2 is 1.39 bits per heavy atom. The largest absolute Gasteiger partial charge is 0.871 e. The van der Waals surface area contributed by atoms with E-state index in [0.717, 1.165) is 24.4 Å². The molecular formula is C30H43Cl2N3O. The fourth-order valence-corrected chi connectivity index (χ4v) is 5.43. The van der Waals surface area contributed by atoms with Crippen LogP contribution in [-0.4, -0.2) is 4.98 Å². The quantitative estimate of drug-likeness (QED) is 0.127. The number of fused-ring (bicyclic) bond motifs is 1. The number of halogens is 2. The summed E-state index contributed by atoms with van der Waals surface area (Å²) in [6.07, 6.45) is 19.0. The van der Waals surface area contributed by atoms with Crippen LogP contribution in [0.1, 0.15) is 102 Å². The number of hydrogen-bond acceptors (Lipinski definition) is 2. The van der Waals surface area contributed by atoms with Gasteiger partial charge in [-0.15, -0.1) is 0 Å². The van der Waals surface area contributed by atoms with Crippen molar-refractivity contribution in [2.75, 3.05) is 5.32 Å². The van der Waals surface area contributed by atoms with Crippen LogP contribution in [0.5, 0.6) is 5.75 Å². The predicted octanol–water partition coefficient (Wildman–Crippen LogP) is 8.93. The van der Waals surface area contributed by atoms with Gasteiger partial charge in [0.15, 0.2) is 0 Å². The number of nitrogens with zero attached hydrogens (tertiary/aromatic N) is 1. The Bertz CT molecular complexity index is 1050. The van der Waals surface area contributed by atoms with E-state index in [1.807, 2.05) is 6.07 Å². The number of nitrogens with one attached hydrogen (secondary N) is 2.